The fraction of sp³-hybridized carbons (Fsp3) is 1.00. The van der Waals surface area contributed by atoms with E-state index in [2.05, 4.69) is 0 Å². The zero-order valence-corrected chi connectivity index (χ0v) is 9.31. The maximum atomic E-state index is 11.8. The summed E-state index contributed by atoms with van der Waals surface area (Å²) in [5, 5.41) is 10.3. The summed E-state index contributed by atoms with van der Waals surface area (Å²) in [5.41, 5.74) is 5.75. The molecule has 84 valence electrons. The number of rotatable bonds is 4. The summed E-state index contributed by atoms with van der Waals surface area (Å²) in [6.45, 7) is 0.815. The molecule has 1 heterocycles. The molecule has 0 radical (unpaired) electrons. The van der Waals surface area contributed by atoms with Crippen molar-refractivity contribution in [2.45, 2.75) is 6.04 Å². The Morgan fingerprint density at radius 3 is 2.43 bits per heavy atom. The standard InChI is InChI=1S/C7H17N2O4P/c1-12-14(11,13-2)5-6-3-9(10)4-7(6)8/h6-7,10H,3-5,8H2,1-2H3. The molecule has 0 aromatic carbocycles. The van der Waals surface area contributed by atoms with Crippen molar-refractivity contribution in [1.29, 1.82) is 0 Å². The second kappa shape index (κ2) is 4.70. The van der Waals surface area contributed by atoms with E-state index in [0.717, 1.165) is 5.06 Å². The summed E-state index contributed by atoms with van der Waals surface area (Å²) in [6.07, 6.45) is 0.248. The molecule has 0 amide bonds. The SMILES string of the molecule is COP(=O)(CC1CN(O)CC1N)OC. The number of hydrogen-bond donors (Lipinski definition) is 2. The van der Waals surface area contributed by atoms with Crippen molar-refractivity contribution in [3.8, 4) is 0 Å². The molecule has 3 N–H and O–H groups in total. The lowest BCUT2D eigenvalue weighted by Crippen LogP contribution is -2.31. The topological polar surface area (TPSA) is 85.0 Å². The van der Waals surface area contributed by atoms with Crippen LogP contribution in [-0.2, 0) is 13.6 Å². The molecule has 1 aliphatic heterocycles. The molecule has 0 spiro atoms. The van der Waals surface area contributed by atoms with Crippen LogP contribution in [-0.4, -0.2) is 49.8 Å². The van der Waals surface area contributed by atoms with Crippen LogP contribution >= 0.6 is 7.60 Å². The maximum Gasteiger partial charge on any atom is 0.330 e. The minimum atomic E-state index is -3.01. The van der Waals surface area contributed by atoms with Gasteiger partial charge in [-0.25, -0.2) is 0 Å². The van der Waals surface area contributed by atoms with Crippen molar-refractivity contribution < 1.29 is 18.8 Å². The molecule has 2 atom stereocenters. The van der Waals surface area contributed by atoms with Crippen molar-refractivity contribution in [2.75, 3.05) is 33.5 Å². The van der Waals surface area contributed by atoms with E-state index in [1.165, 1.54) is 14.2 Å². The van der Waals surface area contributed by atoms with Gasteiger partial charge in [-0.1, -0.05) is 0 Å². The molecule has 7 heteroatoms. The molecule has 0 aliphatic carbocycles. The van der Waals surface area contributed by atoms with Crippen LogP contribution in [0.4, 0.5) is 0 Å². The smallest absolute Gasteiger partial charge is 0.326 e. The van der Waals surface area contributed by atoms with Crippen LogP contribution in [0, 0.1) is 5.92 Å². The van der Waals surface area contributed by atoms with Gasteiger partial charge in [0.25, 0.3) is 0 Å². The van der Waals surface area contributed by atoms with E-state index in [4.69, 9.17) is 14.8 Å². The molecule has 0 saturated carbocycles. The molecule has 6 nitrogen and oxygen atoms in total. The fourth-order valence-electron chi connectivity index (χ4n) is 1.58. The van der Waals surface area contributed by atoms with E-state index in [1.54, 1.807) is 0 Å². The molecule has 2 unspecified atom stereocenters. The van der Waals surface area contributed by atoms with Gasteiger partial charge in [-0.15, -0.1) is 0 Å². The monoisotopic (exact) mass is 224 g/mol. The van der Waals surface area contributed by atoms with Crippen LogP contribution in [0.2, 0.25) is 0 Å². The number of nitrogens with two attached hydrogens (primary N) is 1. The second-order valence-corrected chi connectivity index (χ2v) is 5.77. The van der Waals surface area contributed by atoms with Crippen molar-refractivity contribution in [3.63, 3.8) is 0 Å². The third kappa shape index (κ3) is 2.76. The first-order valence-electron chi connectivity index (χ1n) is 4.40. The Morgan fingerprint density at radius 1 is 1.50 bits per heavy atom. The van der Waals surface area contributed by atoms with Crippen LogP contribution < -0.4 is 5.73 Å². The molecular formula is C7H17N2O4P. The quantitative estimate of drug-likeness (QED) is 0.660. The van der Waals surface area contributed by atoms with E-state index in [0.29, 0.717) is 13.1 Å². The lowest BCUT2D eigenvalue weighted by atomic mass is 10.1. The molecule has 0 aromatic rings. The molecule has 1 rings (SSSR count). The summed E-state index contributed by atoms with van der Waals surface area (Å²) in [6, 6.07) is -0.182. The third-order valence-corrected chi connectivity index (χ3v) is 4.52. The Balaban J connectivity index is 2.55. The minimum absolute atomic E-state index is 0.0502. The molecule has 0 aromatic heterocycles. The Labute approximate surface area is 83.5 Å². The highest BCUT2D eigenvalue weighted by Crippen LogP contribution is 2.48. The van der Waals surface area contributed by atoms with Crippen LogP contribution in [0.5, 0.6) is 0 Å². The van der Waals surface area contributed by atoms with Crippen molar-refractivity contribution in [3.05, 3.63) is 0 Å². The Kier molecular flexibility index (Phi) is 4.06. The summed E-state index contributed by atoms with van der Waals surface area (Å²) < 4.78 is 21.4. The summed E-state index contributed by atoms with van der Waals surface area (Å²) in [7, 11) is -0.315. The Bertz CT molecular complexity index is 230. The average molecular weight is 224 g/mol. The van der Waals surface area contributed by atoms with Crippen molar-refractivity contribution in [2.24, 2.45) is 11.7 Å². The van der Waals surface area contributed by atoms with Gasteiger partial charge >= 0.3 is 7.60 Å². The average Bonchev–Trinajstić information content (AvgIpc) is 2.45. The van der Waals surface area contributed by atoms with E-state index >= 15 is 0 Å². The number of hydrogen-bond acceptors (Lipinski definition) is 6. The van der Waals surface area contributed by atoms with Crippen molar-refractivity contribution in [1.82, 2.24) is 5.06 Å². The predicted octanol–water partition coefficient (Wildman–Crippen LogP) is 0.121. The molecule has 1 aliphatic rings. The van der Waals surface area contributed by atoms with E-state index in [1.807, 2.05) is 0 Å². The lowest BCUT2D eigenvalue weighted by Gasteiger charge is -2.19. The highest BCUT2D eigenvalue weighted by atomic mass is 31.2. The maximum absolute atomic E-state index is 11.8. The highest BCUT2D eigenvalue weighted by molar-refractivity contribution is 7.53. The first-order chi connectivity index (χ1) is 6.50. The summed E-state index contributed by atoms with van der Waals surface area (Å²) in [4.78, 5) is 0. The van der Waals surface area contributed by atoms with Crippen LogP contribution in [0.25, 0.3) is 0 Å². The molecule has 1 fully saturated rings. The first kappa shape index (κ1) is 12.1. The third-order valence-electron chi connectivity index (χ3n) is 2.49. The van der Waals surface area contributed by atoms with Gasteiger partial charge in [-0.3, -0.25) is 4.57 Å². The zero-order chi connectivity index (χ0) is 10.8. The first-order valence-corrected chi connectivity index (χ1v) is 6.13. The summed E-state index contributed by atoms with van der Waals surface area (Å²) >= 11 is 0. The van der Waals surface area contributed by atoms with E-state index in [9.17, 15) is 9.77 Å². The van der Waals surface area contributed by atoms with Gasteiger partial charge in [0.2, 0.25) is 0 Å². The Hall–Kier alpha value is 0.0300. The van der Waals surface area contributed by atoms with Crippen LogP contribution in [0.1, 0.15) is 0 Å². The Morgan fingerprint density at radius 2 is 2.07 bits per heavy atom. The van der Waals surface area contributed by atoms with Gasteiger partial charge in [0.05, 0.1) is 6.16 Å². The minimum Gasteiger partial charge on any atom is -0.326 e. The van der Waals surface area contributed by atoms with Crippen molar-refractivity contribution >= 4 is 7.60 Å². The van der Waals surface area contributed by atoms with Gasteiger partial charge < -0.3 is 20.0 Å². The normalized spacial score (nSPS) is 29.7. The largest absolute Gasteiger partial charge is 0.330 e. The van der Waals surface area contributed by atoms with Crippen LogP contribution in [0.15, 0.2) is 0 Å². The van der Waals surface area contributed by atoms with Gasteiger partial charge in [0, 0.05) is 39.3 Å². The van der Waals surface area contributed by atoms with E-state index < -0.39 is 7.60 Å². The van der Waals surface area contributed by atoms with Gasteiger partial charge in [0.1, 0.15) is 0 Å². The zero-order valence-electron chi connectivity index (χ0n) is 8.42. The van der Waals surface area contributed by atoms with Gasteiger partial charge in [0.15, 0.2) is 0 Å². The predicted molar refractivity (Wildman–Crippen MR) is 51.3 cm³/mol. The number of hydroxylamine groups is 2. The molecular weight excluding hydrogens is 207 g/mol. The van der Waals surface area contributed by atoms with E-state index in [-0.39, 0.29) is 18.1 Å². The van der Waals surface area contributed by atoms with Gasteiger partial charge in [-0.05, 0) is 0 Å². The van der Waals surface area contributed by atoms with Gasteiger partial charge in [-0.2, -0.15) is 5.06 Å². The fourth-order valence-corrected chi connectivity index (χ4v) is 2.98. The molecule has 0 bridgehead atoms. The second-order valence-electron chi connectivity index (χ2n) is 3.45. The molecule has 14 heavy (non-hydrogen) atoms. The molecule has 1 saturated heterocycles. The lowest BCUT2D eigenvalue weighted by molar-refractivity contribution is -0.0714. The number of nitrogens with zero attached hydrogens (tertiary/aromatic N) is 1. The highest BCUT2D eigenvalue weighted by Gasteiger charge is 2.36. The summed E-state index contributed by atoms with van der Waals surface area (Å²) in [5.74, 6) is -0.0502. The van der Waals surface area contributed by atoms with Crippen LogP contribution in [0.3, 0.4) is 0 Å².